The van der Waals surface area contributed by atoms with Crippen molar-refractivity contribution in [3.63, 3.8) is 0 Å². The molecular formula is C39H60O4. The number of hydrogen-bond donors (Lipinski definition) is 1. The zero-order chi connectivity index (χ0) is 30.9. The summed E-state index contributed by atoms with van der Waals surface area (Å²) < 4.78 is 11.2. The molecule has 10 atom stereocenters. The van der Waals surface area contributed by atoms with Crippen LogP contribution in [-0.2, 0) is 9.53 Å². The van der Waals surface area contributed by atoms with Crippen LogP contribution in [0.1, 0.15) is 124 Å². The van der Waals surface area contributed by atoms with Crippen LogP contribution in [0.3, 0.4) is 0 Å². The normalized spacial score (nSPS) is 36.9. The number of phenols is 1. The van der Waals surface area contributed by atoms with Gasteiger partial charge in [-0.15, -0.1) is 0 Å². The summed E-state index contributed by atoms with van der Waals surface area (Å²) in [6.45, 7) is 15.1. The van der Waals surface area contributed by atoms with Crippen LogP contribution in [0.5, 0.6) is 11.5 Å². The van der Waals surface area contributed by atoms with Gasteiger partial charge in [-0.1, -0.05) is 60.5 Å². The number of methoxy groups -OCH3 is 1. The fraction of sp³-hybridized carbons (Fsp3) is 0.769. The van der Waals surface area contributed by atoms with Crippen LogP contribution in [0.4, 0.5) is 0 Å². The molecule has 240 valence electrons. The average molecular weight is 593 g/mol. The molecule has 1 aromatic rings. The summed E-state index contributed by atoms with van der Waals surface area (Å²) in [5.74, 6) is 6.95. The molecule has 0 bridgehead atoms. The van der Waals surface area contributed by atoms with Gasteiger partial charge in [-0.05, 0) is 146 Å². The third kappa shape index (κ3) is 6.41. The summed E-state index contributed by atoms with van der Waals surface area (Å²) in [5, 5.41) is 9.83. The van der Waals surface area contributed by atoms with Gasteiger partial charge in [0.1, 0.15) is 6.10 Å². The summed E-state index contributed by atoms with van der Waals surface area (Å²) in [5.41, 5.74) is 1.72. The van der Waals surface area contributed by atoms with Gasteiger partial charge in [-0.2, -0.15) is 0 Å². The number of ether oxygens (including phenoxy) is 2. The van der Waals surface area contributed by atoms with E-state index in [1.54, 1.807) is 24.3 Å². The van der Waals surface area contributed by atoms with Crippen molar-refractivity contribution in [2.75, 3.05) is 7.11 Å². The topological polar surface area (TPSA) is 55.8 Å². The first kappa shape index (κ1) is 32.4. The molecule has 0 radical (unpaired) electrons. The molecule has 0 aromatic heterocycles. The van der Waals surface area contributed by atoms with Crippen molar-refractivity contribution in [1.29, 1.82) is 0 Å². The van der Waals surface area contributed by atoms with E-state index >= 15 is 0 Å². The van der Waals surface area contributed by atoms with E-state index in [1.807, 2.05) is 0 Å². The van der Waals surface area contributed by atoms with Crippen molar-refractivity contribution >= 4 is 12.0 Å². The minimum Gasteiger partial charge on any atom is -0.504 e. The van der Waals surface area contributed by atoms with Gasteiger partial charge >= 0.3 is 5.97 Å². The van der Waals surface area contributed by atoms with Crippen molar-refractivity contribution < 1.29 is 19.4 Å². The van der Waals surface area contributed by atoms with Gasteiger partial charge in [0.15, 0.2) is 11.5 Å². The lowest BCUT2D eigenvalue weighted by molar-refractivity contribution is -0.157. The highest BCUT2D eigenvalue weighted by Gasteiger charge is 2.60. The number of esters is 1. The van der Waals surface area contributed by atoms with Gasteiger partial charge in [0, 0.05) is 6.08 Å². The monoisotopic (exact) mass is 592 g/mol. The Kier molecular flexibility index (Phi) is 9.94. The lowest BCUT2D eigenvalue weighted by Crippen LogP contribution is -2.54. The number of aromatic hydroxyl groups is 1. The van der Waals surface area contributed by atoms with Gasteiger partial charge in [0.2, 0.25) is 0 Å². The second kappa shape index (κ2) is 13.2. The zero-order valence-electron chi connectivity index (χ0n) is 28.2. The Labute approximate surface area is 262 Å². The van der Waals surface area contributed by atoms with Crippen LogP contribution >= 0.6 is 0 Å². The fourth-order valence-electron chi connectivity index (χ4n) is 11.2. The zero-order valence-corrected chi connectivity index (χ0v) is 28.2. The molecule has 0 heterocycles. The molecule has 1 N–H and O–H groups in total. The Bertz CT molecular complexity index is 1140. The molecule has 0 aliphatic heterocycles. The standard InChI is InChI=1S/C39H60O4/c1-8-28(25(2)3)12-9-26(4)32-15-16-33-31-14-13-29-24-30(19-21-38(29,5)34(31)20-22-39(32,33)6)43-37(41)18-11-27-10-17-35(40)36(23-27)42-7/h10-11,17-18,23,25-26,28-34,40H,8-9,12-16,19-22,24H2,1-7H3/b18-11+/t26-,28-,29?,30?,31+,32-,33+,34+,38+,39-/m1/s1. The van der Waals surface area contributed by atoms with Gasteiger partial charge < -0.3 is 14.6 Å². The van der Waals surface area contributed by atoms with Crippen molar-refractivity contribution in [2.45, 2.75) is 125 Å². The summed E-state index contributed by atoms with van der Waals surface area (Å²) in [7, 11) is 1.52. The number of carbonyl (C=O) groups is 1. The maximum absolute atomic E-state index is 12.8. The van der Waals surface area contributed by atoms with Crippen LogP contribution in [-0.4, -0.2) is 24.3 Å². The van der Waals surface area contributed by atoms with Crippen LogP contribution in [0.15, 0.2) is 24.3 Å². The molecule has 5 rings (SSSR count). The Hall–Kier alpha value is -1.97. The van der Waals surface area contributed by atoms with E-state index < -0.39 is 0 Å². The Balaban J connectivity index is 1.17. The van der Waals surface area contributed by atoms with Crippen LogP contribution in [0.25, 0.3) is 6.08 Å². The maximum atomic E-state index is 12.8. The van der Waals surface area contributed by atoms with Crippen LogP contribution in [0.2, 0.25) is 0 Å². The van der Waals surface area contributed by atoms with Crippen molar-refractivity contribution in [3.8, 4) is 11.5 Å². The van der Waals surface area contributed by atoms with Gasteiger partial charge in [-0.25, -0.2) is 4.79 Å². The number of benzene rings is 1. The number of fused-ring (bicyclic) bond motifs is 5. The van der Waals surface area contributed by atoms with E-state index in [9.17, 15) is 9.90 Å². The van der Waals surface area contributed by atoms with Gasteiger partial charge in [0.05, 0.1) is 7.11 Å². The minimum atomic E-state index is -0.271. The molecule has 4 saturated carbocycles. The van der Waals surface area contributed by atoms with Crippen molar-refractivity contribution in [2.24, 2.45) is 58.2 Å². The number of rotatable bonds is 10. The summed E-state index contributed by atoms with van der Waals surface area (Å²) in [4.78, 5) is 12.8. The SMILES string of the molecule is CC[C@H](CC[C@@H](C)[C@H]1CC[C@H]2[C@@H]3CCC4CC(OC(=O)/C=C/c5ccc(O)c(OC)c5)CC[C@]4(C)[C@H]3CC[C@]12C)C(C)C. The molecule has 1 aromatic carbocycles. The van der Waals surface area contributed by atoms with E-state index in [0.29, 0.717) is 22.5 Å². The molecule has 4 nitrogen and oxygen atoms in total. The second-order valence-corrected chi connectivity index (χ2v) is 16.0. The van der Waals surface area contributed by atoms with E-state index in [4.69, 9.17) is 9.47 Å². The summed E-state index contributed by atoms with van der Waals surface area (Å²) in [6.07, 6.45) is 19.0. The molecule has 4 fully saturated rings. The highest BCUT2D eigenvalue weighted by molar-refractivity contribution is 5.87. The first-order valence-corrected chi connectivity index (χ1v) is 17.8. The third-order valence-corrected chi connectivity index (χ3v) is 13.7. The Morgan fingerprint density at radius 1 is 1.00 bits per heavy atom. The quantitative estimate of drug-likeness (QED) is 0.217. The average Bonchev–Trinajstić information content (AvgIpc) is 3.34. The number of phenolic OH excluding ortho intramolecular Hbond substituents is 1. The van der Waals surface area contributed by atoms with Crippen LogP contribution in [0, 0.1) is 58.2 Å². The predicted molar refractivity (Wildman–Crippen MR) is 176 cm³/mol. The van der Waals surface area contributed by atoms with E-state index in [0.717, 1.165) is 59.8 Å². The smallest absolute Gasteiger partial charge is 0.331 e. The maximum Gasteiger partial charge on any atom is 0.331 e. The molecule has 0 spiro atoms. The molecule has 4 aliphatic rings. The van der Waals surface area contributed by atoms with E-state index in [2.05, 4.69) is 41.5 Å². The predicted octanol–water partition coefficient (Wildman–Crippen LogP) is 10.1. The Morgan fingerprint density at radius 2 is 1.74 bits per heavy atom. The highest BCUT2D eigenvalue weighted by atomic mass is 16.5. The highest BCUT2D eigenvalue weighted by Crippen LogP contribution is 2.68. The summed E-state index contributed by atoms with van der Waals surface area (Å²) >= 11 is 0. The first-order valence-electron chi connectivity index (χ1n) is 17.8. The molecular weight excluding hydrogens is 532 g/mol. The largest absolute Gasteiger partial charge is 0.504 e. The molecule has 4 aliphatic carbocycles. The second-order valence-electron chi connectivity index (χ2n) is 16.0. The molecule has 0 saturated heterocycles. The fourth-order valence-corrected chi connectivity index (χ4v) is 11.2. The van der Waals surface area contributed by atoms with Crippen LogP contribution < -0.4 is 4.74 Å². The first-order chi connectivity index (χ1) is 20.5. The summed E-state index contributed by atoms with van der Waals surface area (Å²) in [6, 6.07) is 5.07. The van der Waals surface area contributed by atoms with Gasteiger partial charge in [-0.3, -0.25) is 0 Å². The lowest BCUT2D eigenvalue weighted by atomic mass is 9.44. The molecule has 4 heteroatoms. The Morgan fingerprint density at radius 3 is 2.47 bits per heavy atom. The lowest BCUT2D eigenvalue weighted by Gasteiger charge is -2.61. The molecule has 43 heavy (non-hydrogen) atoms. The third-order valence-electron chi connectivity index (χ3n) is 13.7. The van der Waals surface area contributed by atoms with Gasteiger partial charge in [0.25, 0.3) is 0 Å². The van der Waals surface area contributed by atoms with Crippen molar-refractivity contribution in [1.82, 2.24) is 0 Å². The van der Waals surface area contributed by atoms with E-state index in [-0.39, 0.29) is 17.8 Å². The molecule has 0 amide bonds. The number of hydrogen-bond acceptors (Lipinski definition) is 4. The van der Waals surface area contributed by atoms with E-state index in [1.165, 1.54) is 77.4 Å². The number of carbonyl (C=O) groups excluding carboxylic acids is 1. The molecule has 2 unspecified atom stereocenters. The van der Waals surface area contributed by atoms with Crippen molar-refractivity contribution in [3.05, 3.63) is 29.8 Å². The minimum absolute atomic E-state index is 0.0180.